The monoisotopic (exact) mass is 287 g/mol. The highest BCUT2D eigenvalue weighted by molar-refractivity contribution is 5.33. The fourth-order valence-corrected chi connectivity index (χ4v) is 5.69. The molecule has 5 rings (SSSR count). The maximum atomic E-state index is 5.83. The molecular formula is C16H25N5. The number of H-pyrrole nitrogens is 1. The van der Waals surface area contributed by atoms with Crippen molar-refractivity contribution in [3.63, 3.8) is 0 Å². The van der Waals surface area contributed by atoms with Gasteiger partial charge in [0.2, 0.25) is 5.95 Å². The van der Waals surface area contributed by atoms with Crippen LogP contribution >= 0.6 is 0 Å². The number of nitrogens with zero attached hydrogens (tertiary/aromatic N) is 3. The SMILES string of the molecule is NCC1CCCN(c2n[nH]c(C3C4C5CCC(C5)C34)n2)C1. The molecule has 114 valence electrons. The number of rotatable bonds is 3. The van der Waals surface area contributed by atoms with Crippen molar-refractivity contribution < 1.29 is 0 Å². The van der Waals surface area contributed by atoms with E-state index in [1.54, 1.807) is 0 Å². The van der Waals surface area contributed by atoms with Crippen LogP contribution in [0.15, 0.2) is 0 Å². The van der Waals surface area contributed by atoms with Crippen LogP contribution in [0.25, 0.3) is 0 Å². The summed E-state index contributed by atoms with van der Waals surface area (Å²) in [6, 6.07) is 0. The highest BCUT2D eigenvalue weighted by Crippen LogP contribution is 2.72. The van der Waals surface area contributed by atoms with Gasteiger partial charge >= 0.3 is 0 Å². The first-order valence-electron chi connectivity index (χ1n) is 8.72. The summed E-state index contributed by atoms with van der Waals surface area (Å²) in [5.74, 6) is 7.26. The lowest BCUT2D eigenvalue weighted by Crippen LogP contribution is -2.39. The Morgan fingerprint density at radius 2 is 2.00 bits per heavy atom. The number of aromatic nitrogens is 3. The van der Waals surface area contributed by atoms with Gasteiger partial charge in [0, 0.05) is 19.0 Å². The van der Waals surface area contributed by atoms with Gasteiger partial charge in [0.25, 0.3) is 0 Å². The molecule has 0 radical (unpaired) electrons. The van der Waals surface area contributed by atoms with Gasteiger partial charge in [0.15, 0.2) is 0 Å². The van der Waals surface area contributed by atoms with Gasteiger partial charge in [0.1, 0.15) is 5.82 Å². The van der Waals surface area contributed by atoms with Gasteiger partial charge in [-0.25, -0.2) is 0 Å². The average molecular weight is 287 g/mol. The molecule has 2 heterocycles. The summed E-state index contributed by atoms with van der Waals surface area (Å²) >= 11 is 0. The molecule has 1 aliphatic heterocycles. The molecule has 1 saturated heterocycles. The molecule has 3 N–H and O–H groups in total. The lowest BCUT2D eigenvalue weighted by molar-refractivity contribution is 0.419. The van der Waals surface area contributed by atoms with E-state index in [0.29, 0.717) is 11.8 Å². The molecule has 1 aromatic heterocycles. The molecule has 5 atom stereocenters. The topological polar surface area (TPSA) is 70.8 Å². The zero-order valence-electron chi connectivity index (χ0n) is 12.5. The van der Waals surface area contributed by atoms with Gasteiger partial charge in [-0.2, -0.15) is 4.98 Å². The van der Waals surface area contributed by atoms with Crippen molar-refractivity contribution in [2.45, 2.75) is 38.0 Å². The summed E-state index contributed by atoms with van der Waals surface area (Å²) in [6.07, 6.45) is 6.89. The third-order valence-corrected chi connectivity index (χ3v) is 6.68. The number of hydrogen-bond donors (Lipinski definition) is 2. The number of fused-ring (bicyclic) bond motifs is 5. The van der Waals surface area contributed by atoms with Crippen molar-refractivity contribution in [1.82, 2.24) is 15.2 Å². The van der Waals surface area contributed by atoms with E-state index in [9.17, 15) is 0 Å². The van der Waals surface area contributed by atoms with E-state index < -0.39 is 0 Å². The molecule has 0 amide bonds. The summed E-state index contributed by atoms with van der Waals surface area (Å²) in [4.78, 5) is 7.19. The van der Waals surface area contributed by atoms with Crippen LogP contribution in [0.3, 0.4) is 0 Å². The highest BCUT2D eigenvalue weighted by atomic mass is 15.4. The normalized spacial score (nSPS) is 44.1. The summed E-state index contributed by atoms with van der Waals surface area (Å²) in [5.41, 5.74) is 5.83. The number of nitrogens with one attached hydrogen (secondary N) is 1. The van der Waals surface area contributed by atoms with Gasteiger partial charge in [-0.1, -0.05) is 0 Å². The second-order valence-electron chi connectivity index (χ2n) is 7.72. The predicted molar refractivity (Wildman–Crippen MR) is 80.9 cm³/mol. The van der Waals surface area contributed by atoms with E-state index >= 15 is 0 Å². The van der Waals surface area contributed by atoms with E-state index in [-0.39, 0.29) is 0 Å². The van der Waals surface area contributed by atoms with Crippen LogP contribution in [0, 0.1) is 29.6 Å². The minimum absolute atomic E-state index is 0.608. The van der Waals surface area contributed by atoms with Crippen molar-refractivity contribution in [3.8, 4) is 0 Å². The van der Waals surface area contributed by atoms with E-state index in [0.717, 1.165) is 49.3 Å². The van der Waals surface area contributed by atoms with Crippen LogP contribution in [0.1, 0.15) is 43.8 Å². The Morgan fingerprint density at radius 1 is 1.19 bits per heavy atom. The average Bonchev–Trinajstić information content (AvgIpc) is 2.94. The number of anilines is 1. The Kier molecular flexibility index (Phi) is 2.64. The molecule has 3 saturated carbocycles. The fourth-order valence-electron chi connectivity index (χ4n) is 5.69. The number of nitrogens with two attached hydrogens (primary N) is 1. The lowest BCUT2D eigenvalue weighted by Gasteiger charge is -2.31. The van der Waals surface area contributed by atoms with Crippen molar-refractivity contribution >= 4 is 5.95 Å². The van der Waals surface area contributed by atoms with Gasteiger partial charge in [-0.3, -0.25) is 5.10 Å². The molecule has 5 unspecified atom stereocenters. The van der Waals surface area contributed by atoms with Crippen molar-refractivity contribution in [2.75, 3.05) is 24.5 Å². The number of piperidine rings is 1. The molecular weight excluding hydrogens is 262 g/mol. The third kappa shape index (κ3) is 1.79. The van der Waals surface area contributed by atoms with Crippen LogP contribution in [0.2, 0.25) is 0 Å². The van der Waals surface area contributed by atoms with E-state index in [1.807, 2.05) is 0 Å². The zero-order chi connectivity index (χ0) is 14.0. The minimum Gasteiger partial charge on any atom is -0.339 e. The predicted octanol–water partition coefficient (Wildman–Crippen LogP) is 1.74. The molecule has 1 aromatic rings. The van der Waals surface area contributed by atoms with Gasteiger partial charge < -0.3 is 10.6 Å². The van der Waals surface area contributed by atoms with Crippen LogP contribution in [-0.2, 0) is 0 Å². The van der Waals surface area contributed by atoms with Gasteiger partial charge in [0.05, 0.1) is 0 Å². The van der Waals surface area contributed by atoms with Crippen molar-refractivity contribution in [1.29, 1.82) is 0 Å². The smallest absolute Gasteiger partial charge is 0.244 e. The Morgan fingerprint density at radius 3 is 2.76 bits per heavy atom. The summed E-state index contributed by atoms with van der Waals surface area (Å²) in [6.45, 7) is 2.89. The minimum atomic E-state index is 0.608. The quantitative estimate of drug-likeness (QED) is 0.888. The molecule has 4 fully saturated rings. The van der Waals surface area contributed by atoms with Crippen LogP contribution in [0.4, 0.5) is 5.95 Å². The fraction of sp³-hybridized carbons (Fsp3) is 0.875. The Labute approximate surface area is 125 Å². The number of hydrogen-bond acceptors (Lipinski definition) is 4. The molecule has 4 aliphatic rings. The summed E-state index contributed by atoms with van der Waals surface area (Å²) < 4.78 is 0. The first-order valence-corrected chi connectivity index (χ1v) is 8.72. The third-order valence-electron chi connectivity index (χ3n) is 6.68. The highest BCUT2D eigenvalue weighted by Gasteiger charge is 2.66. The first-order chi connectivity index (χ1) is 10.3. The van der Waals surface area contributed by atoms with Crippen LogP contribution in [0.5, 0.6) is 0 Å². The molecule has 5 heteroatoms. The van der Waals surface area contributed by atoms with Gasteiger partial charge in [-0.15, -0.1) is 5.10 Å². The first kappa shape index (κ1) is 12.4. The zero-order valence-corrected chi connectivity index (χ0v) is 12.5. The van der Waals surface area contributed by atoms with Crippen LogP contribution in [-0.4, -0.2) is 34.8 Å². The van der Waals surface area contributed by atoms with Crippen molar-refractivity contribution in [3.05, 3.63) is 5.82 Å². The van der Waals surface area contributed by atoms with Crippen LogP contribution < -0.4 is 10.6 Å². The van der Waals surface area contributed by atoms with Crippen molar-refractivity contribution in [2.24, 2.45) is 35.3 Å². The summed E-state index contributed by atoms with van der Waals surface area (Å²) in [5, 5.41) is 7.78. The maximum absolute atomic E-state index is 5.83. The molecule has 0 aromatic carbocycles. The molecule has 0 spiro atoms. The molecule has 21 heavy (non-hydrogen) atoms. The number of aromatic amines is 1. The molecule has 3 aliphatic carbocycles. The molecule has 5 nitrogen and oxygen atoms in total. The lowest BCUT2D eigenvalue weighted by atomic mass is 9.99. The van der Waals surface area contributed by atoms with E-state index in [1.165, 1.54) is 37.9 Å². The Balaban J connectivity index is 1.32. The maximum Gasteiger partial charge on any atom is 0.244 e. The van der Waals surface area contributed by atoms with Gasteiger partial charge in [-0.05, 0) is 68.2 Å². The Bertz CT molecular complexity index is 525. The largest absolute Gasteiger partial charge is 0.339 e. The van der Waals surface area contributed by atoms with E-state index in [4.69, 9.17) is 10.7 Å². The Hall–Kier alpha value is -1.10. The second kappa shape index (κ2) is 4.45. The molecule has 2 bridgehead atoms. The second-order valence-corrected chi connectivity index (χ2v) is 7.72. The summed E-state index contributed by atoms with van der Waals surface area (Å²) in [7, 11) is 0. The standard InChI is InChI=1S/C16H25N5/c17-7-9-2-1-5-21(8-9)16-18-15(19-20-16)14-12-10-3-4-11(6-10)13(12)14/h9-14H,1-8,17H2,(H,18,19,20). The van der Waals surface area contributed by atoms with E-state index in [2.05, 4.69) is 15.1 Å².